The molecular formula is C14H30N2O. The second-order valence-corrected chi connectivity index (χ2v) is 6.38. The normalized spacial score (nSPS) is 27.4. The Kier molecular flexibility index (Phi) is 5.42. The molecule has 17 heavy (non-hydrogen) atoms. The van der Waals surface area contributed by atoms with Crippen LogP contribution in [0.3, 0.4) is 0 Å². The van der Waals surface area contributed by atoms with Crippen LogP contribution in [0.25, 0.3) is 0 Å². The molecule has 1 N–H and O–H groups in total. The lowest BCUT2D eigenvalue weighted by atomic mass is 9.91. The summed E-state index contributed by atoms with van der Waals surface area (Å²) in [4.78, 5) is 2.67. The number of nitrogens with zero attached hydrogens (tertiary/aromatic N) is 1. The van der Waals surface area contributed by atoms with E-state index in [1.807, 2.05) is 0 Å². The summed E-state index contributed by atoms with van der Waals surface area (Å²) in [5.74, 6) is 0.698. The Balaban J connectivity index is 2.66. The van der Waals surface area contributed by atoms with Crippen LogP contribution in [-0.2, 0) is 4.74 Å². The smallest absolute Gasteiger partial charge is 0.0477 e. The van der Waals surface area contributed by atoms with Gasteiger partial charge in [0.1, 0.15) is 0 Å². The molecule has 2 atom stereocenters. The first kappa shape index (κ1) is 14.9. The number of piperazine rings is 1. The topological polar surface area (TPSA) is 24.5 Å². The molecule has 0 aromatic heterocycles. The van der Waals surface area contributed by atoms with Crippen LogP contribution >= 0.6 is 0 Å². The Morgan fingerprint density at radius 1 is 1.35 bits per heavy atom. The molecule has 1 heterocycles. The maximum Gasteiger partial charge on any atom is 0.0477 e. The predicted molar refractivity (Wildman–Crippen MR) is 73.4 cm³/mol. The van der Waals surface area contributed by atoms with E-state index >= 15 is 0 Å². The lowest BCUT2D eigenvalue weighted by molar-refractivity contribution is 0.0257. The van der Waals surface area contributed by atoms with Crippen molar-refractivity contribution in [3.05, 3.63) is 0 Å². The van der Waals surface area contributed by atoms with Crippen LogP contribution in [0.15, 0.2) is 0 Å². The summed E-state index contributed by atoms with van der Waals surface area (Å²) < 4.78 is 5.21. The lowest BCUT2D eigenvalue weighted by Crippen LogP contribution is -2.64. The van der Waals surface area contributed by atoms with Gasteiger partial charge in [-0.3, -0.25) is 4.90 Å². The molecule has 102 valence electrons. The number of hydrogen-bond donors (Lipinski definition) is 1. The summed E-state index contributed by atoms with van der Waals surface area (Å²) in [5, 5.41) is 3.66. The molecule has 2 unspecified atom stereocenters. The van der Waals surface area contributed by atoms with E-state index in [-0.39, 0.29) is 5.54 Å². The molecule has 1 aliphatic rings. The molecule has 0 aromatic carbocycles. The van der Waals surface area contributed by atoms with Crippen molar-refractivity contribution in [2.45, 2.75) is 58.7 Å². The van der Waals surface area contributed by atoms with Gasteiger partial charge in [-0.05, 0) is 33.1 Å². The van der Waals surface area contributed by atoms with E-state index in [1.165, 1.54) is 0 Å². The average Bonchev–Trinajstić information content (AvgIpc) is 2.24. The van der Waals surface area contributed by atoms with Crippen LogP contribution in [-0.4, -0.2) is 49.3 Å². The predicted octanol–water partition coefficient (Wildman–Crippen LogP) is 2.12. The molecule has 0 amide bonds. The van der Waals surface area contributed by atoms with Crippen molar-refractivity contribution in [1.82, 2.24) is 10.2 Å². The summed E-state index contributed by atoms with van der Waals surface area (Å²) in [7, 11) is 1.79. The molecule has 0 spiro atoms. The molecule has 1 saturated heterocycles. The van der Waals surface area contributed by atoms with Crippen LogP contribution in [0.2, 0.25) is 0 Å². The Labute approximate surface area is 107 Å². The molecule has 0 aromatic rings. The van der Waals surface area contributed by atoms with Crippen LogP contribution < -0.4 is 5.32 Å². The Morgan fingerprint density at radius 2 is 2.00 bits per heavy atom. The van der Waals surface area contributed by atoms with Gasteiger partial charge in [-0.15, -0.1) is 0 Å². The second kappa shape index (κ2) is 6.17. The summed E-state index contributed by atoms with van der Waals surface area (Å²) in [6.45, 7) is 14.6. The third kappa shape index (κ3) is 4.23. The van der Waals surface area contributed by atoms with Crippen molar-refractivity contribution in [3.8, 4) is 0 Å². The third-order valence-corrected chi connectivity index (χ3v) is 3.87. The van der Waals surface area contributed by atoms with Gasteiger partial charge in [-0.25, -0.2) is 0 Å². The van der Waals surface area contributed by atoms with Crippen molar-refractivity contribution in [2.75, 3.05) is 26.8 Å². The van der Waals surface area contributed by atoms with Gasteiger partial charge in [-0.1, -0.05) is 13.8 Å². The van der Waals surface area contributed by atoms with Crippen molar-refractivity contribution < 1.29 is 4.74 Å². The van der Waals surface area contributed by atoms with Crippen molar-refractivity contribution in [3.63, 3.8) is 0 Å². The van der Waals surface area contributed by atoms with E-state index in [0.29, 0.717) is 18.0 Å². The summed E-state index contributed by atoms with van der Waals surface area (Å²) >= 11 is 0. The molecule has 0 bridgehead atoms. The first-order valence-corrected chi connectivity index (χ1v) is 6.87. The minimum Gasteiger partial charge on any atom is -0.385 e. The Hall–Kier alpha value is -0.120. The monoisotopic (exact) mass is 242 g/mol. The van der Waals surface area contributed by atoms with Gasteiger partial charge in [0.25, 0.3) is 0 Å². The zero-order valence-electron chi connectivity index (χ0n) is 12.4. The SMILES string of the molecule is COCCC(C)N1CC(C)(C)NCC1C(C)C. The van der Waals surface area contributed by atoms with Gasteiger partial charge in [0, 0.05) is 44.4 Å². The molecule has 0 radical (unpaired) electrons. The highest BCUT2D eigenvalue weighted by atomic mass is 16.5. The highest BCUT2D eigenvalue weighted by molar-refractivity contribution is 4.95. The molecule has 0 aliphatic carbocycles. The van der Waals surface area contributed by atoms with E-state index in [9.17, 15) is 0 Å². The molecule has 1 fully saturated rings. The van der Waals surface area contributed by atoms with Gasteiger partial charge in [0.2, 0.25) is 0 Å². The Bertz CT molecular complexity index is 228. The van der Waals surface area contributed by atoms with Crippen molar-refractivity contribution >= 4 is 0 Å². The Morgan fingerprint density at radius 3 is 2.53 bits per heavy atom. The number of ether oxygens (including phenoxy) is 1. The quantitative estimate of drug-likeness (QED) is 0.799. The van der Waals surface area contributed by atoms with E-state index in [4.69, 9.17) is 4.74 Å². The van der Waals surface area contributed by atoms with Crippen molar-refractivity contribution in [2.24, 2.45) is 5.92 Å². The van der Waals surface area contributed by atoms with E-state index in [0.717, 1.165) is 26.1 Å². The first-order valence-electron chi connectivity index (χ1n) is 6.87. The fraction of sp³-hybridized carbons (Fsp3) is 1.00. The number of hydrogen-bond acceptors (Lipinski definition) is 3. The fourth-order valence-corrected chi connectivity index (χ4v) is 2.68. The molecular weight excluding hydrogens is 212 g/mol. The van der Waals surface area contributed by atoms with E-state index in [2.05, 4.69) is 44.8 Å². The van der Waals surface area contributed by atoms with Crippen LogP contribution in [0, 0.1) is 5.92 Å². The van der Waals surface area contributed by atoms with E-state index < -0.39 is 0 Å². The zero-order chi connectivity index (χ0) is 13.1. The standard InChI is InChI=1S/C14H30N2O/c1-11(2)13-9-15-14(4,5)10-16(13)12(3)7-8-17-6/h11-13,15H,7-10H2,1-6H3. The van der Waals surface area contributed by atoms with Gasteiger partial charge in [0.15, 0.2) is 0 Å². The minimum absolute atomic E-state index is 0.229. The molecule has 3 nitrogen and oxygen atoms in total. The minimum atomic E-state index is 0.229. The van der Waals surface area contributed by atoms with Gasteiger partial charge in [0.05, 0.1) is 0 Å². The van der Waals surface area contributed by atoms with E-state index in [1.54, 1.807) is 7.11 Å². The molecule has 1 rings (SSSR count). The van der Waals surface area contributed by atoms with Gasteiger partial charge < -0.3 is 10.1 Å². The number of rotatable bonds is 5. The number of nitrogens with one attached hydrogen (secondary N) is 1. The van der Waals surface area contributed by atoms with Crippen LogP contribution in [0.1, 0.15) is 41.0 Å². The summed E-state index contributed by atoms with van der Waals surface area (Å²) in [6, 6.07) is 1.25. The van der Waals surface area contributed by atoms with Gasteiger partial charge in [-0.2, -0.15) is 0 Å². The van der Waals surface area contributed by atoms with Gasteiger partial charge >= 0.3 is 0 Å². The maximum atomic E-state index is 5.21. The van der Waals surface area contributed by atoms with Crippen LogP contribution in [0.5, 0.6) is 0 Å². The lowest BCUT2D eigenvalue weighted by Gasteiger charge is -2.49. The zero-order valence-corrected chi connectivity index (χ0v) is 12.4. The number of methoxy groups -OCH3 is 1. The third-order valence-electron chi connectivity index (χ3n) is 3.87. The first-order chi connectivity index (χ1) is 7.87. The highest BCUT2D eigenvalue weighted by Crippen LogP contribution is 2.23. The largest absolute Gasteiger partial charge is 0.385 e. The maximum absolute atomic E-state index is 5.21. The molecule has 0 saturated carbocycles. The average molecular weight is 242 g/mol. The molecule has 3 heteroatoms. The summed E-state index contributed by atoms with van der Waals surface area (Å²) in [5.41, 5.74) is 0.229. The highest BCUT2D eigenvalue weighted by Gasteiger charge is 2.35. The summed E-state index contributed by atoms with van der Waals surface area (Å²) in [6.07, 6.45) is 1.12. The molecule has 1 aliphatic heterocycles. The van der Waals surface area contributed by atoms with Crippen LogP contribution in [0.4, 0.5) is 0 Å². The fourth-order valence-electron chi connectivity index (χ4n) is 2.68. The van der Waals surface area contributed by atoms with Crippen molar-refractivity contribution in [1.29, 1.82) is 0 Å². The second-order valence-electron chi connectivity index (χ2n) is 6.38.